The lowest BCUT2D eigenvalue weighted by Gasteiger charge is -2.19. The second-order valence-electron chi connectivity index (χ2n) is 5.00. The monoisotopic (exact) mass is 328 g/mol. The summed E-state index contributed by atoms with van der Waals surface area (Å²) in [4.78, 5) is 6.50. The van der Waals surface area contributed by atoms with Gasteiger partial charge >= 0.3 is 0 Å². The molecular weight excluding hydrogens is 308 g/mol. The molecule has 0 aliphatic heterocycles. The minimum atomic E-state index is -3.54. The highest BCUT2D eigenvalue weighted by molar-refractivity contribution is 7.89. The molecule has 1 saturated carbocycles. The standard InChI is InChI=1S/C13H20N4O2S2/c1-2-17(10-3-4-10)8-7-16-21(18,19)11-5-6-12(13(14)20)15-9-11/h5-6,9-10,16H,2-4,7-8H2,1H3,(H2,14,20). The van der Waals surface area contributed by atoms with Gasteiger partial charge in [0.2, 0.25) is 10.0 Å². The van der Waals surface area contributed by atoms with Crippen LogP contribution in [0, 0.1) is 0 Å². The van der Waals surface area contributed by atoms with Gasteiger partial charge in [-0.15, -0.1) is 0 Å². The Labute approximate surface area is 130 Å². The highest BCUT2D eigenvalue weighted by Gasteiger charge is 2.27. The summed E-state index contributed by atoms with van der Waals surface area (Å²) in [6.07, 6.45) is 3.70. The number of hydrogen-bond donors (Lipinski definition) is 2. The van der Waals surface area contributed by atoms with Gasteiger partial charge in [0.05, 0.1) is 5.69 Å². The van der Waals surface area contributed by atoms with Crippen LogP contribution in [-0.2, 0) is 10.0 Å². The van der Waals surface area contributed by atoms with Crippen LogP contribution in [-0.4, -0.2) is 49.0 Å². The number of thiocarbonyl (C=S) groups is 1. The summed E-state index contributed by atoms with van der Waals surface area (Å²) in [6.45, 7) is 4.14. The zero-order valence-electron chi connectivity index (χ0n) is 11.9. The van der Waals surface area contributed by atoms with E-state index in [1.54, 1.807) is 0 Å². The maximum absolute atomic E-state index is 12.1. The van der Waals surface area contributed by atoms with Crippen LogP contribution < -0.4 is 10.5 Å². The third-order valence-corrected chi connectivity index (χ3v) is 5.12. The molecule has 0 aromatic carbocycles. The maximum Gasteiger partial charge on any atom is 0.242 e. The van der Waals surface area contributed by atoms with Crippen molar-refractivity contribution in [2.24, 2.45) is 5.73 Å². The second-order valence-corrected chi connectivity index (χ2v) is 7.21. The highest BCUT2D eigenvalue weighted by Crippen LogP contribution is 2.25. The van der Waals surface area contributed by atoms with Gasteiger partial charge in [-0.05, 0) is 31.5 Å². The lowest BCUT2D eigenvalue weighted by atomic mass is 10.3. The highest BCUT2D eigenvalue weighted by atomic mass is 32.2. The molecule has 0 spiro atoms. The molecule has 1 aromatic heterocycles. The molecule has 8 heteroatoms. The van der Waals surface area contributed by atoms with E-state index in [9.17, 15) is 8.42 Å². The third kappa shape index (κ3) is 4.44. The summed E-state index contributed by atoms with van der Waals surface area (Å²) < 4.78 is 26.9. The van der Waals surface area contributed by atoms with Crippen molar-refractivity contribution in [3.8, 4) is 0 Å². The smallest absolute Gasteiger partial charge is 0.242 e. The van der Waals surface area contributed by atoms with Crippen LogP contribution in [0.5, 0.6) is 0 Å². The maximum atomic E-state index is 12.1. The Balaban J connectivity index is 1.92. The summed E-state index contributed by atoms with van der Waals surface area (Å²) in [5.74, 6) is 0. The SMILES string of the molecule is CCN(CCNS(=O)(=O)c1ccc(C(N)=S)nc1)C1CC1. The first-order chi connectivity index (χ1) is 9.94. The zero-order chi connectivity index (χ0) is 15.5. The largest absolute Gasteiger partial charge is 0.388 e. The van der Waals surface area contributed by atoms with Gasteiger partial charge in [-0.3, -0.25) is 9.88 Å². The van der Waals surface area contributed by atoms with Crippen molar-refractivity contribution in [2.75, 3.05) is 19.6 Å². The van der Waals surface area contributed by atoms with Crippen LogP contribution in [0.25, 0.3) is 0 Å². The Morgan fingerprint density at radius 2 is 2.24 bits per heavy atom. The van der Waals surface area contributed by atoms with Gasteiger partial charge in [0.15, 0.2) is 0 Å². The number of aromatic nitrogens is 1. The van der Waals surface area contributed by atoms with E-state index in [0.717, 1.165) is 13.1 Å². The normalized spacial score (nSPS) is 15.3. The first-order valence-corrected chi connectivity index (χ1v) is 8.82. The second kappa shape index (κ2) is 6.78. The molecule has 0 radical (unpaired) electrons. The van der Waals surface area contributed by atoms with Crippen molar-refractivity contribution in [1.29, 1.82) is 0 Å². The van der Waals surface area contributed by atoms with Crippen LogP contribution in [0.2, 0.25) is 0 Å². The fourth-order valence-electron chi connectivity index (χ4n) is 2.13. The average molecular weight is 328 g/mol. The molecule has 116 valence electrons. The van der Waals surface area contributed by atoms with E-state index in [0.29, 0.717) is 18.3 Å². The molecule has 3 N–H and O–H groups in total. The van der Waals surface area contributed by atoms with E-state index >= 15 is 0 Å². The molecular formula is C13H20N4O2S2. The fourth-order valence-corrected chi connectivity index (χ4v) is 3.22. The van der Waals surface area contributed by atoms with Crippen molar-refractivity contribution < 1.29 is 8.42 Å². The zero-order valence-corrected chi connectivity index (χ0v) is 13.6. The number of likely N-dealkylation sites (N-methyl/N-ethyl adjacent to an activating group) is 1. The van der Waals surface area contributed by atoms with Gasteiger partial charge in [-0.25, -0.2) is 13.1 Å². The van der Waals surface area contributed by atoms with Gasteiger partial charge in [-0.2, -0.15) is 0 Å². The predicted molar refractivity (Wildman–Crippen MR) is 85.6 cm³/mol. The fraction of sp³-hybridized carbons (Fsp3) is 0.538. The van der Waals surface area contributed by atoms with E-state index in [2.05, 4.69) is 21.5 Å². The lowest BCUT2D eigenvalue weighted by Crippen LogP contribution is -2.36. The van der Waals surface area contributed by atoms with Gasteiger partial charge in [0.25, 0.3) is 0 Å². The van der Waals surface area contributed by atoms with Crippen LogP contribution in [0.4, 0.5) is 0 Å². The lowest BCUT2D eigenvalue weighted by molar-refractivity contribution is 0.282. The predicted octanol–water partition coefficient (Wildman–Crippen LogP) is 0.478. The van der Waals surface area contributed by atoms with Crippen molar-refractivity contribution in [3.63, 3.8) is 0 Å². The molecule has 1 heterocycles. The summed E-state index contributed by atoms with van der Waals surface area (Å²) >= 11 is 4.79. The number of hydrogen-bond acceptors (Lipinski definition) is 5. The van der Waals surface area contributed by atoms with Crippen LogP contribution in [0.15, 0.2) is 23.2 Å². The van der Waals surface area contributed by atoms with Crippen molar-refractivity contribution >= 4 is 27.2 Å². The number of rotatable bonds is 8. The number of nitrogens with two attached hydrogens (primary N) is 1. The third-order valence-electron chi connectivity index (χ3n) is 3.46. The topological polar surface area (TPSA) is 88.3 Å². The molecule has 2 rings (SSSR count). The van der Waals surface area contributed by atoms with Gasteiger partial charge in [0, 0.05) is 25.3 Å². The molecule has 21 heavy (non-hydrogen) atoms. The summed E-state index contributed by atoms with van der Waals surface area (Å²) in [5, 5.41) is 0. The van der Waals surface area contributed by atoms with Crippen LogP contribution in [0.3, 0.4) is 0 Å². The number of nitrogens with zero attached hydrogens (tertiary/aromatic N) is 2. The van der Waals surface area contributed by atoms with E-state index in [-0.39, 0.29) is 9.88 Å². The number of nitrogens with one attached hydrogen (secondary N) is 1. The Morgan fingerprint density at radius 3 is 2.71 bits per heavy atom. The molecule has 0 atom stereocenters. The molecule has 1 aromatic rings. The summed E-state index contributed by atoms with van der Waals surface area (Å²) in [5.41, 5.74) is 5.85. The molecule has 1 fully saturated rings. The van der Waals surface area contributed by atoms with Crippen molar-refractivity contribution in [1.82, 2.24) is 14.6 Å². The molecule has 0 amide bonds. The first kappa shape index (κ1) is 16.3. The van der Waals surface area contributed by atoms with Crippen LogP contribution >= 0.6 is 12.2 Å². The van der Waals surface area contributed by atoms with Gasteiger partial charge < -0.3 is 5.73 Å². The quantitative estimate of drug-likeness (QED) is 0.675. The van der Waals surface area contributed by atoms with Crippen molar-refractivity contribution in [3.05, 3.63) is 24.0 Å². The van der Waals surface area contributed by atoms with E-state index < -0.39 is 10.0 Å². The Hall–Kier alpha value is -1.09. The molecule has 1 aliphatic carbocycles. The summed E-state index contributed by atoms with van der Waals surface area (Å²) in [7, 11) is -3.54. The number of pyridine rings is 1. The Morgan fingerprint density at radius 1 is 1.52 bits per heavy atom. The first-order valence-electron chi connectivity index (χ1n) is 6.93. The molecule has 0 bridgehead atoms. The van der Waals surface area contributed by atoms with Gasteiger partial charge in [0.1, 0.15) is 9.88 Å². The molecule has 6 nitrogen and oxygen atoms in total. The van der Waals surface area contributed by atoms with E-state index in [1.165, 1.54) is 31.2 Å². The van der Waals surface area contributed by atoms with Crippen molar-refractivity contribution in [2.45, 2.75) is 30.7 Å². The van der Waals surface area contributed by atoms with E-state index in [1.807, 2.05) is 0 Å². The minimum Gasteiger partial charge on any atom is -0.388 e. The Kier molecular flexibility index (Phi) is 5.26. The van der Waals surface area contributed by atoms with Crippen LogP contribution in [0.1, 0.15) is 25.5 Å². The minimum absolute atomic E-state index is 0.122. The Bertz CT molecular complexity index is 597. The van der Waals surface area contributed by atoms with Gasteiger partial charge in [-0.1, -0.05) is 19.1 Å². The average Bonchev–Trinajstić information content (AvgIpc) is 3.28. The number of sulfonamides is 1. The molecule has 1 aliphatic rings. The van der Waals surface area contributed by atoms with E-state index in [4.69, 9.17) is 18.0 Å². The molecule has 0 saturated heterocycles. The summed E-state index contributed by atoms with van der Waals surface area (Å²) in [6, 6.07) is 3.60. The molecule has 0 unspecified atom stereocenters.